The minimum Gasteiger partial charge on any atom is -0.497 e. The number of esters is 1. The molecule has 0 aliphatic rings. The monoisotopic (exact) mass is 525 g/mol. The van der Waals surface area contributed by atoms with Crippen molar-refractivity contribution in [2.24, 2.45) is 5.10 Å². The van der Waals surface area contributed by atoms with E-state index in [1.165, 1.54) is 20.4 Å². The van der Waals surface area contributed by atoms with Crippen LogP contribution in [0.5, 0.6) is 17.2 Å². The van der Waals surface area contributed by atoms with Crippen LogP contribution < -0.4 is 25.0 Å². The van der Waals surface area contributed by atoms with E-state index in [0.29, 0.717) is 32.8 Å². The summed E-state index contributed by atoms with van der Waals surface area (Å²) in [6.45, 7) is 0. The Labute approximate surface area is 203 Å². The molecule has 0 aliphatic carbocycles. The van der Waals surface area contributed by atoms with Gasteiger partial charge in [-0.25, -0.2) is 10.2 Å². The second kappa shape index (κ2) is 11.6. The SMILES string of the molecule is COc1ccc(C(=O)Oc2ccc(Br)cc2/C=N/NC(=O)C(=O)Nc2cccc(OC)c2)cc1. The van der Waals surface area contributed by atoms with Gasteiger partial charge in [-0.1, -0.05) is 22.0 Å². The fraction of sp³-hybridized carbons (Fsp3) is 0.0833. The Bertz CT molecular complexity index is 1230. The van der Waals surface area contributed by atoms with Gasteiger partial charge in [-0.3, -0.25) is 9.59 Å². The third-order valence-corrected chi connectivity index (χ3v) is 4.90. The van der Waals surface area contributed by atoms with Crippen LogP contribution in [0.3, 0.4) is 0 Å². The minimum atomic E-state index is -0.981. The van der Waals surface area contributed by atoms with Gasteiger partial charge < -0.3 is 19.5 Å². The fourth-order valence-electron chi connectivity index (χ4n) is 2.70. The maximum Gasteiger partial charge on any atom is 0.343 e. The Kier molecular flexibility index (Phi) is 8.36. The molecule has 3 aromatic rings. The first kappa shape index (κ1) is 24.5. The van der Waals surface area contributed by atoms with Crippen LogP contribution in [0.1, 0.15) is 15.9 Å². The molecule has 0 aromatic heterocycles. The summed E-state index contributed by atoms with van der Waals surface area (Å²) in [5, 5.41) is 6.25. The van der Waals surface area contributed by atoms with E-state index in [9.17, 15) is 14.4 Å². The number of benzene rings is 3. The number of hydrazone groups is 1. The van der Waals surface area contributed by atoms with Crippen molar-refractivity contribution in [1.82, 2.24) is 5.43 Å². The summed E-state index contributed by atoms with van der Waals surface area (Å²) in [5.74, 6) is -1.12. The van der Waals surface area contributed by atoms with E-state index in [0.717, 1.165) is 0 Å². The first-order valence-electron chi connectivity index (χ1n) is 9.84. The summed E-state index contributed by atoms with van der Waals surface area (Å²) in [7, 11) is 3.02. The molecule has 0 saturated heterocycles. The number of carbonyl (C=O) groups excluding carboxylic acids is 3. The molecular weight excluding hydrogens is 506 g/mol. The van der Waals surface area contributed by atoms with Crippen LogP contribution in [0.4, 0.5) is 5.69 Å². The number of rotatable bonds is 7. The summed E-state index contributed by atoms with van der Waals surface area (Å²) in [6, 6.07) is 17.9. The lowest BCUT2D eigenvalue weighted by Gasteiger charge is -2.09. The van der Waals surface area contributed by atoms with E-state index in [1.807, 2.05) is 0 Å². The van der Waals surface area contributed by atoms with Crippen molar-refractivity contribution in [3.8, 4) is 17.2 Å². The van der Waals surface area contributed by atoms with Gasteiger partial charge in [0.15, 0.2) is 0 Å². The number of hydrogen-bond acceptors (Lipinski definition) is 7. The molecule has 0 fully saturated rings. The number of methoxy groups -OCH3 is 2. The predicted octanol–water partition coefficient (Wildman–Crippen LogP) is 3.77. The lowest BCUT2D eigenvalue weighted by atomic mass is 10.2. The van der Waals surface area contributed by atoms with Crippen molar-refractivity contribution in [2.45, 2.75) is 0 Å². The topological polar surface area (TPSA) is 115 Å². The summed E-state index contributed by atoms with van der Waals surface area (Å²) in [5.41, 5.74) is 3.25. The molecule has 0 unspecified atom stereocenters. The Balaban J connectivity index is 1.65. The van der Waals surface area contributed by atoms with Gasteiger partial charge in [0.05, 0.1) is 26.0 Å². The van der Waals surface area contributed by atoms with E-state index in [2.05, 4.69) is 31.8 Å². The van der Waals surface area contributed by atoms with Gasteiger partial charge in [0.1, 0.15) is 17.2 Å². The Hall–Kier alpha value is -4.18. The first-order valence-corrected chi connectivity index (χ1v) is 10.6. The number of amides is 2. The van der Waals surface area contributed by atoms with E-state index < -0.39 is 17.8 Å². The van der Waals surface area contributed by atoms with Crippen LogP contribution in [0.15, 0.2) is 76.3 Å². The lowest BCUT2D eigenvalue weighted by molar-refractivity contribution is -0.136. The molecular formula is C24H20BrN3O6. The zero-order valence-electron chi connectivity index (χ0n) is 18.2. The highest BCUT2D eigenvalue weighted by Crippen LogP contribution is 2.23. The second-order valence-electron chi connectivity index (χ2n) is 6.69. The lowest BCUT2D eigenvalue weighted by Crippen LogP contribution is -2.32. The van der Waals surface area contributed by atoms with Crippen molar-refractivity contribution < 1.29 is 28.6 Å². The Morgan fingerprint density at radius 2 is 1.62 bits per heavy atom. The zero-order chi connectivity index (χ0) is 24.5. The highest BCUT2D eigenvalue weighted by molar-refractivity contribution is 9.10. The molecule has 2 N–H and O–H groups in total. The van der Waals surface area contributed by atoms with Crippen molar-refractivity contribution in [2.75, 3.05) is 19.5 Å². The normalized spacial score (nSPS) is 10.4. The highest BCUT2D eigenvalue weighted by Gasteiger charge is 2.14. The van der Waals surface area contributed by atoms with Crippen LogP contribution in [0, 0.1) is 0 Å². The van der Waals surface area contributed by atoms with Crippen molar-refractivity contribution in [3.63, 3.8) is 0 Å². The Morgan fingerprint density at radius 1 is 0.882 bits per heavy atom. The standard InChI is InChI=1S/C24H20BrN3O6/c1-32-19-9-6-15(7-10-19)24(31)34-21-11-8-17(25)12-16(21)14-26-28-23(30)22(29)27-18-4-3-5-20(13-18)33-2/h3-14H,1-2H3,(H,27,29)(H,28,30)/b26-14+. The molecule has 0 saturated carbocycles. The highest BCUT2D eigenvalue weighted by atomic mass is 79.9. The van der Waals surface area contributed by atoms with E-state index in [-0.39, 0.29) is 5.75 Å². The molecule has 3 aromatic carbocycles. The van der Waals surface area contributed by atoms with Crippen LogP contribution in [-0.2, 0) is 9.59 Å². The van der Waals surface area contributed by atoms with Gasteiger partial charge in [0.2, 0.25) is 0 Å². The summed E-state index contributed by atoms with van der Waals surface area (Å²) < 4.78 is 16.3. The number of halogens is 1. The van der Waals surface area contributed by atoms with E-state index >= 15 is 0 Å². The number of anilines is 1. The molecule has 0 atom stereocenters. The smallest absolute Gasteiger partial charge is 0.343 e. The van der Waals surface area contributed by atoms with Crippen molar-refractivity contribution in [3.05, 3.63) is 82.3 Å². The van der Waals surface area contributed by atoms with Crippen molar-refractivity contribution in [1.29, 1.82) is 0 Å². The maximum atomic E-state index is 12.5. The second-order valence-corrected chi connectivity index (χ2v) is 7.60. The molecule has 174 valence electrons. The third kappa shape index (κ3) is 6.66. The predicted molar refractivity (Wildman–Crippen MR) is 129 cm³/mol. The van der Waals surface area contributed by atoms with Crippen LogP contribution in [0.2, 0.25) is 0 Å². The van der Waals surface area contributed by atoms with E-state index in [1.54, 1.807) is 66.7 Å². The average Bonchev–Trinajstić information content (AvgIpc) is 2.85. The molecule has 0 heterocycles. The molecule has 0 bridgehead atoms. The zero-order valence-corrected chi connectivity index (χ0v) is 19.8. The number of carbonyl (C=O) groups is 3. The largest absolute Gasteiger partial charge is 0.497 e. The molecule has 0 spiro atoms. The van der Waals surface area contributed by atoms with Crippen LogP contribution >= 0.6 is 15.9 Å². The minimum absolute atomic E-state index is 0.211. The summed E-state index contributed by atoms with van der Waals surface area (Å²) in [4.78, 5) is 36.7. The van der Waals surface area contributed by atoms with Gasteiger partial charge in [0, 0.05) is 21.8 Å². The van der Waals surface area contributed by atoms with Gasteiger partial charge in [-0.15, -0.1) is 0 Å². The van der Waals surface area contributed by atoms with Gasteiger partial charge in [0.25, 0.3) is 0 Å². The molecule has 9 nitrogen and oxygen atoms in total. The van der Waals surface area contributed by atoms with Crippen LogP contribution in [0.25, 0.3) is 0 Å². The molecule has 0 aliphatic heterocycles. The molecule has 0 radical (unpaired) electrons. The molecule has 34 heavy (non-hydrogen) atoms. The Morgan fingerprint density at radius 3 is 2.32 bits per heavy atom. The number of nitrogens with one attached hydrogen (secondary N) is 2. The quantitative estimate of drug-likeness (QED) is 0.159. The van der Waals surface area contributed by atoms with Gasteiger partial charge >= 0.3 is 17.8 Å². The fourth-order valence-corrected chi connectivity index (χ4v) is 3.08. The third-order valence-electron chi connectivity index (χ3n) is 4.40. The van der Waals surface area contributed by atoms with Gasteiger partial charge in [-0.2, -0.15) is 5.10 Å². The molecule has 10 heteroatoms. The van der Waals surface area contributed by atoms with E-state index in [4.69, 9.17) is 14.2 Å². The number of nitrogens with zero attached hydrogens (tertiary/aromatic N) is 1. The number of ether oxygens (including phenoxy) is 3. The van der Waals surface area contributed by atoms with Crippen LogP contribution in [-0.4, -0.2) is 38.2 Å². The molecule has 2 amide bonds. The van der Waals surface area contributed by atoms with Crippen molar-refractivity contribution >= 4 is 45.6 Å². The number of hydrogen-bond donors (Lipinski definition) is 2. The maximum absolute atomic E-state index is 12.5. The molecule has 3 rings (SSSR count). The van der Waals surface area contributed by atoms with Gasteiger partial charge in [-0.05, 0) is 54.6 Å². The first-order chi connectivity index (χ1) is 16.4. The summed E-state index contributed by atoms with van der Waals surface area (Å²) in [6.07, 6.45) is 1.26. The average molecular weight is 526 g/mol. The summed E-state index contributed by atoms with van der Waals surface area (Å²) >= 11 is 3.34.